The molecule has 0 heterocycles. The van der Waals surface area contributed by atoms with Crippen LogP contribution in [0.1, 0.15) is 31.2 Å². The van der Waals surface area contributed by atoms with E-state index in [1.165, 1.54) is 24.8 Å². The summed E-state index contributed by atoms with van der Waals surface area (Å²) in [6.07, 6.45) is 4.61. The number of phenolic OH excluding ortho intramolecular Hbond substituents is 1. The molecule has 1 aliphatic carbocycles. The third-order valence-corrected chi connectivity index (χ3v) is 3.72. The number of aromatic hydroxyl groups is 1. The Balaban J connectivity index is 2.29. The average Bonchev–Trinajstić information content (AvgIpc) is 2.23. The molecule has 1 aromatic rings. The molecule has 16 heavy (non-hydrogen) atoms. The Labute approximate surface area is 96.2 Å². The van der Waals surface area contributed by atoms with E-state index in [1.54, 1.807) is 7.11 Å². The highest BCUT2D eigenvalue weighted by Gasteiger charge is 2.38. The maximum Gasteiger partial charge on any atom is 0.160 e. The lowest BCUT2D eigenvalue weighted by Gasteiger charge is -2.42. The summed E-state index contributed by atoms with van der Waals surface area (Å²) < 4.78 is 5.05. The Morgan fingerprint density at radius 3 is 2.62 bits per heavy atom. The zero-order valence-electron chi connectivity index (χ0n) is 9.70. The molecule has 1 fully saturated rings. The number of rotatable bonds is 4. The summed E-state index contributed by atoms with van der Waals surface area (Å²) in [5, 5.41) is 9.79. The molecule has 1 saturated carbocycles. The Kier molecular flexibility index (Phi) is 3.06. The SMILES string of the molecule is COc1ccc(C2(CCN)CCC2)cc1O. The van der Waals surface area contributed by atoms with Crippen LogP contribution in [0.5, 0.6) is 11.5 Å². The van der Waals surface area contributed by atoms with Crippen molar-refractivity contribution in [2.75, 3.05) is 13.7 Å². The van der Waals surface area contributed by atoms with Crippen LogP contribution in [-0.4, -0.2) is 18.8 Å². The summed E-state index contributed by atoms with van der Waals surface area (Å²) in [4.78, 5) is 0. The zero-order valence-corrected chi connectivity index (χ0v) is 9.70. The predicted octanol–water partition coefficient (Wildman–Crippen LogP) is 2.17. The van der Waals surface area contributed by atoms with E-state index in [2.05, 4.69) is 0 Å². The lowest BCUT2D eigenvalue weighted by Crippen LogP contribution is -2.36. The lowest BCUT2D eigenvalue weighted by atomic mass is 9.62. The number of benzene rings is 1. The normalized spacial score (nSPS) is 17.9. The van der Waals surface area contributed by atoms with Crippen molar-refractivity contribution in [3.63, 3.8) is 0 Å². The van der Waals surface area contributed by atoms with Gasteiger partial charge in [0.15, 0.2) is 11.5 Å². The van der Waals surface area contributed by atoms with Crippen molar-refractivity contribution in [1.82, 2.24) is 0 Å². The monoisotopic (exact) mass is 221 g/mol. The Morgan fingerprint density at radius 2 is 2.19 bits per heavy atom. The van der Waals surface area contributed by atoms with Crippen molar-refractivity contribution in [1.29, 1.82) is 0 Å². The van der Waals surface area contributed by atoms with Gasteiger partial charge in [-0.15, -0.1) is 0 Å². The minimum Gasteiger partial charge on any atom is -0.504 e. The molecule has 0 unspecified atom stereocenters. The van der Waals surface area contributed by atoms with Gasteiger partial charge in [-0.2, -0.15) is 0 Å². The molecule has 1 aromatic carbocycles. The minimum absolute atomic E-state index is 0.207. The smallest absolute Gasteiger partial charge is 0.160 e. The molecule has 0 atom stereocenters. The summed E-state index contributed by atoms with van der Waals surface area (Å²) in [5.41, 5.74) is 7.07. The van der Waals surface area contributed by atoms with Crippen molar-refractivity contribution in [2.45, 2.75) is 31.1 Å². The van der Waals surface area contributed by atoms with Gasteiger partial charge in [-0.3, -0.25) is 0 Å². The predicted molar refractivity (Wildman–Crippen MR) is 63.9 cm³/mol. The van der Waals surface area contributed by atoms with Gasteiger partial charge in [0.2, 0.25) is 0 Å². The molecule has 0 amide bonds. The van der Waals surface area contributed by atoms with Crippen LogP contribution in [0, 0.1) is 0 Å². The van der Waals surface area contributed by atoms with Gasteiger partial charge in [-0.05, 0) is 48.9 Å². The number of ether oxygens (including phenoxy) is 1. The second-order valence-electron chi connectivity index (χ2n) is 4.56. The Morgan fingerprint density at radius 1 is 1.44 bits per heavy atom. The van der Waals surface area contributed by atoms with Crippen LogP contribution in [0.2, 0.25) is 0 Å². The van der Waals surface area contributed by atoms with Gasteiger partial charge in [-0.25, -0.2) is 0 Å². The first kappa shape index (κ1) is 11.3. The van der Waals surface area contributed by atoms with Crippen LogP contribution in [0.25, 0.3) is 0 Å². The van der Waals surface area contributed by atoms with Crippen molar-refractivity contribution in [3.05, 3.63) is 23.8 Å². The molecule has 3 N–H and O–H groups in total. The molecule has 0 aliphatic heterocycles. The maximum atomic E-state index is 9.79. The van der Waals surface area contributed by atoms with Crippen molar-refractivity contribution >= 4 is 0 Å². The largest absolute Gasteiger partial charge is 0.504 e. The average molecular weight is 221 g/mol. The van der Waals surface area contributed by atoms with Crippen LogP contribution in [-0.2, 0) is 5.41 Å². The summed E-state index contributed by atoms with van der Waals surface area (Å²) in [6.45, 7) is 0.701. The van der Waals surface area contributed by atoms with E-state index in [0.29, 0.717) is 12.3 Å². The molecule has 2 rings (SSSR count). The molecular weight excluding hydrogens is 202 g/mol. The Bertz CT molecular complexity index is 372. The molecule has 0 radical (unpaired) electrons. The lowest BCUT2D eigenvalue weighted by molar-refractivity contribution is 0.228. The molecule has 0 aromatic heterocycles. The number of nitrogens with two attached hydrogens (primary N) is 1. The van der Waals surface area contributed by atoms with E-state index >= 15 is 0 Å². The van der Waals surface area contributed by atoms with E-state index < -0.39 is 0 Å². The fraction of sp³-hybridized carbons (Fsp3) is 0.538. The number of hydrogen-bond donors (Lipinski definition) is 2. The van der Waals surface area contributed by atoms with Gasteiger partial charge in [-0.1, -0.05) is 12.5 Å². The first-order valence-corrected chi connectivity index (χ1v) is 5.79. The van der Waals surface area contributed by atoms with E-state index in [-0.39, 0.29) is 11.2 Å². The molecule has 1 aliphatic rings. The van der Waals surface area contributed by atoms with Gasteiger partial charge >= 0.3 is 0 Å². The van der Waals surface area contributed by atoms with E-state index in [1.807, 2.05) is 18.2 Å². The van der Waals surface area contributed by atoms with Gasteiger partial charge in [0.1, 0.15) is 0 Å². The topological polar surface area (TPSA) is 55.5 Å². The van der Waals surface area contributed by atoms with E-state index in [4.69, 9.17) is 10.5 Å². The molecular formula is C13H19NO2. The van der Waals surface area contributed by atoms with Crippen LogP contribution < -0.4 is 10.5 Å². The van der Waals surface area contributed by atoms with Crippen LogP contribution in [0.15, 0.2) is 18.2 Å². The third-order valence-electron chi connectivity index (χ3n) is 3.72. The van der Waals surface area contributed by atoms with Crippen LogP contribution >= 0.6 is 0 Å². The quantitative estimate of drug-likeness (QED) is 0.819. The Hall–Kier alpha value is -1.22. The van der Waals surface area contributed by atoms with Crippen LogP contribution in [0.3, 0.4) is 0 Å². The van der Waals surface area contributed by atoms with Gasteiger partial charge < -0.3 is 15.6 Å². The van der Waals surface area contributed by atoms with Gasteiger partial charge in [0.05, 0.1) is 7.11 Å². The highest BCUT2D eigenvalue weighted by atomic mass is 16.5. The highest BCUT2D eigenvalue weighted by Crippen LogP contribution is 2.47. The summed E-state index contributed by atoms with van der Waals surface area (Å²) in [5.74, 6) is 0.759. The third kappa shape index (κ3) is 1.76. The van der Waals surface area contributed by atoms with Gasteiger partial charge in [0.25, 0.3) is 0 Å². The molecule has 3 heteroatoms. The van der Waals surface area contributed by atoms with Crippen molar-refractivity contribution < 1.29 is 9.84 Å². The van der Waals surface area contributed by atoms with Crippen LogP contribution in [0.4, 0.5) is 0 Å². The molecule has 0 bridgehead atoms. The van der Waals surface area contributed by atoms with Crippen molar-refractivity contribution in [2.24, 2.45) is 5.73 Å². The molecule has 0 saturated heterocycles. The second-order valence-corrected chi connectivity index (χ2v) is 4.56. The standard InChI is InChI=1S/C13H19NO2/c1-16-12-4-3-10(9-11(12)15)13(7-8-14)5-2-6-13/h3-4,9,15H,2,5-8,14H2,1H3. The van der Waals surface area contributed by atoms with E-state index in [9.17, 15) is 5.11 Å². The first-order chi connectivity index (χ1) is 7.72. The summed E-state index contributed by atoms with van der Waals surface area (Å²) >= 11 is 0. The summed E-state index contributed by atoms with van der Waals surface area (Å²) in [7, 11) is 1.56. The highest BCUT2D eigenvalue weighted by molar-refractivity contribution is 5.44. The maximum absolute atomic E-state index is 9.79. The minimum atomic E-state index is 0.207. The number of phenols is 1. The summed E-state index contributed by atoms with van der Waals surface area (Å²) in [6, 6.07) is 5.71. The second kappa shape index (κ2) is 4.34. The van der Waals surface area contributed by atoms with E-state index in [0.717, 1.165) is 6.42 Å². The zero-order chi connectivity index (χ0) is 11.6. The molecule has 88 valence electrons. The first-order valence-electron chi connectivity index (χ1n) is 5.79. The fourth-order valence-corrected chi connectivity index (χ4v) is 2.58. The molecule has 3 nitrogen and oxygen atoms in total. The van der Waals surface area contributed by atoms with Crippen molar-refractivity contribution in [3.8, 4) is 11.5 Å². The molecule has 0 spiro atoms. The van der Waals surface area contributed by atoms with Gasteiger partial charge in [0, 0.05) is 0 Å². The number of methoxy groups -OCH3 is 1. The fourth-order valence-electron chi connectivity index (χ4n) is 2.58. The number of hydrogen-bond acceptors (Lipinski definition) is 3.